The van der Waals surface area contributed by atoms with Crippen LogP contribution in [0.5, 0.6) is 0 Å². The third kappa shape index (κ3) is 3.47. The molecule has 0 aliphatic carbocycles. The highest BCUT2D eigenvalue weighted by atomic mass is 31.1. The van der Waals surface area contributed by atoms with Crippen molar-refractivity contribution in [1.82, 2.24) is 19.5 Å². The zero-order valence-electron chi connectivity index (χ0n) is 13.4. The van der Waals surface area contributed by atoms with Crippen LogP contribution in [0.3, 0.4) is 0 Å². The summed E-state index contributed by atoms with van der Waals surface area (Å²) >= 11 is 0. The van der Waals surface area contributed by atoms with Gasteiger partial charge in [-0.2, -0.15) is 0 Å². The van der Waals surface area contributed by atoms with Crippen molar-refractivity contribution in [2.24, 2.45) is 0 Å². The molecule has 0 aromatic carbocycles. The van der Waals surface area contributed by atoms with Crippen LogP contribution in [-0.4, -0.2) is 61.0 Å². The normalized spacial score (nSPS) is 27.1. The highest BCUT2D eigenvalue weighted by Crippen LogP contribution is 2.38. The fourth-order valence-corrected chi connectivity index (χ4v) is 3.26. The Morgan fingerprint density at radius 2 is 2.20 bits per heavy atom. The van der Waals surface area contributed by atoms with Gasteiger partial charge in [0.25, 0.3) is 0 Å². The number of fused-ring (bicyclic) bond motifs is 1. The van der Waals surface area contributed by atoms with Crippen molar-refractivity contribution in [2.45, 2.75) is 37.9 Å². The molecule has 1 aliphatic rings. The average Bonchev–Trinajstić information content (AvgIpc) is 3.15. The topological polar surface area (TPSA) is 155 Å². The number of aliphatic hydroxyl groups is 1. The minimum atomic E-state index is -2.89. The largest absolute Gasteiger partial charge is 0.695 e. The number of hydrogen-bond acceptors (Lipinski definition) is 9. The van der Waals surface area contributed by atoms with Gasteiger partial charge in [0.2, 0.25) is 0 Å². The van der Waals surface area contributed by atoms with E-state index in [0.29, 0.717) is 17.8 Å². The summed E-state index contributed by atoms with van der Waals surface area (Å²) in [6.07, 6.45) is 0.235. The van der Waals surface area contributed by atoms with Gasteiger partial charge in [-0.3, -0.25) is 4.57 Å². The number of anilines is 1. The Labute approximate surface area is 143 Å². The zero-order valence-corrected chi connectivity index (χ0v) is 14.3. The third-order valence-electron chi connectivity index (χ3n) is 3.85. The molecule has 25 heavy (non-hydrogen) atoms. The van der Waals surface area contributed by atoms with E-state index in [0.717, 1.165) is 6.42 Å². The molecule has 2 aromatic heterocycles. The molecule has 0 bridgehead atoms. The predicted octanol–water partition coefficient (Wildman–Crippen LogP) is 0.128. The van der Waals surface area contributed by atoms with Gasteiger partial charge in [0, 0.05) is 11.2 Å². The number of ether oxygens (including phenoxy) is 2. The van der Waals surface area contributed by atoms with E-state index >= 15 is 0 Å². The minimum Gasteiger partial charge on any atom is -0.394 e. The van der Waals surface area contributed by atoms with E-state index in [2.05, 4.69) is 15.0 Å². The van der Waals surface area contributed by atoms with Crippen LogP contribution in [0, 0.1) is 0 Å². The van der Waals surface area contributed by atoms with Crippen molar-refractivity contribution >= 4 is 25.2 Å². The monoisotopic (exact) mass is 372 g/mol. The van der Waals surface area contributed by atoms with E-state index in [9.17, 15) is 9.67 Å². The third-order valence-corrected chi connectivity index (χ3v) is 4.28. The summed E-state index contributed by atoms with van der Waals surface area (Å²) in [5.41, 5.74) is 6.62. The molecule has 0 saturated carbocycles. The first-order valence-corrected chi connectivity index (χ1v) is 8.83. The highest BCUT2D eigenvalue weighted by Gasteiger charge is 2.51. The first-order chi connectivity index (χ1) is 12.1. The average molecular weight is 372 g/mol. The minimum absolute atomic E-state index is 0.220. The summed E-state index contributed by atoms with van der Waals surface area (Å²) in [5, 5.41) is 9.56. The van der Waals surface area contributed by atoms with E-state index in [-0.39, 0.29) is 5.82 Å². The summed E-state index contributed by atoms with van der Waals surface area (Å²) in [6.45, 7) is 1.91. The van der Waals surface area contributed by atoms with Gasteiger partial charge in [0.1, 0.15) is 24.1 Å². The Balaban J connectivity index is 1.99. The first-order valence-electron chi connectivity index (χ1n) is 7.70. The van der Waals surface area contributed by atoms with Crippen LogP contribution in [0.2, 0.25) is 0 Å². The van der Waals surface area contributed by atoms with E-state index in [1.54, 1.807) is 4.57 Å². The second-order valence-corrected chi connectivity index (χ2v) is 6.16. The van der Waals surface area contributed by atoms with Crippen LogP contribution in [0.4, 0.5) is 5.82 Å². The van der Waals surface area contributed by atoms with E-state index < -0.39 is 39.4 Å². The van der Waals surface area contributed by atoms with Crippen molar-refractivity contribution < 1.29 is 28.6 Å². The summed E-state index contributed by atoms with van der Waals surface area (Å²) in [4.78, 5) is 21.4. The number of aliphatic hydroxyl groups excluding tert-OH is 1. The zero-order chi connectivity index (χ0) is 18.0. The second kappa shape index (κ2) is 7.65. The maximum atomic E-state index is 11.2. The van der Waals surface area contributed by atoms with Gasteiger partial charge < -0.3 is 20.3 Å². The SMILES string of the molecule is CCCOC1C(O[P+](=O)O)[C@@H](CO)O[C@H]1n1cnc2c(N)ncnc21. The fraction of sp³-hybridized carbons (Fsp3) is 0.615. The lowest BCUT2D eigenvalue weighted by atomic mass is 10.1. The number of nitrogen functional groups attached to an aromatic ring is 1. The van der Waals surface area contributed by atoms with Gasteiger partial charge in [0.15, 0.2) is 23.8 Å². The van der Waals surface area contributed by atoms with Crippen molar-refractivity contribution in [2.75, 3.05) is 18.9 Å². The quantitative estimate of drug-likeness (QED) is 0.571. The number of aromatic nitrogens is 4. The Kier molecular flexibility index (Phi) is 5.52. The first kappa shape index (κ1) is 18.1. The summed E-state index contributed by atoms with van der Waals surface area (Å²) in [6, 6.07) is 0. The molecule has 0 amide bonds. The maximum absolute atomic E-state index is 11.2. The molecule has 5 atom stereocenters. The number of nitrogens with zero attached hydrogens (tertiary/aromatic N) is 4. The van der Waals surface area contributed by atoms with Crippen molar-refractivity contribution in [3.05, 3.63) is 12.7 Å². The number of rotatable bonds is 7. The molecule has 0 spiro atoms. The van der Waals surface area contributed by atoms with Crippen LogP contribution in [0.25, 0.3) is 11.2 Å². The molecule has 1 saturated heterocycles. The molecular formula is C13H19N5O6P+. The lowest BCUT2D eigenvalue weighted by Gasteiger charge is -2.21. The number of hydrogen-bond donors (Lipinski definition) is 3. The molecular weight excluding hydrogens is 353 g/mol. The molecule has 4 N–H and O–H groups in total. The van der Waals surface area contributed by atoms with Crippen LogP contribution < -0.4 is 5.73 Å². The van der Waals surface area contributed by atoms with Gasteiger partial charge in [-0.15, -0.1) is 9.42 Å². The molecule has 136 valence electrons. The van der Waals surface area contributed by atoms with Gasteiger partial charge in [-0.1, -0.05) is 6.92 Å². The number of nitrogens with two attached hydrogens (primary N) is 1. The maximum Gasteiger partial charge on any atom is 0.695 e. The van der Waals surface area contributed by atoms with E-state index in [1.165, 1.54) is 12.7 Å². The number of imidazole rings is 1. The molecule has 2 aromatic rings. The molecule has 3 rings (SSSR count). The van der Waals surface area contributed by atoms with Gasteiger partial charge in [0.05, 0.1) is 12.9 Å². The highest BCUT2D eigenvalue weighted by molar-refractivity contribution is 7.32. The van der Waals surface area contributed by atoms with Crippen LogP contribution in [0.15, 0.2) is 12.7 Å². The molecule has 3 heterocycles. The van der Waals surface area contributed by atoms with Crippen LogP contribution >= 0.6 is 8.25 Å². The van der Waals surface area contributed by atoms with Gasteiger partial charge in [-0.05, 0) is 6.42 Å². The fourth-order valence-electron chi connectivity index (χ4n) is 2.80. The Bertz CT molecular complexity index is 758. The standard InChI is InChI=1S/C13H18N5O6P/c1-2-3-22-10-9(24-25(20)21)7(4-19)23-13(10)18-6-17-8-11(14)15-5-16-12(8)18/h5-7,9-10,13,19H,2-4H2,1H3,(H2-,14,15,16,20,21)/p+1/t7-,9?,10?,13-/m1/s1. The summed E-state index contributed by atoms with van der Waals surface area (Å²) < 4.78 is 29.4. The van der Waals surface area contributed by atoms with Gasteiger partial charge in [-0.25, -0.2) is 15.0 Å². The summed E-state index contributed by atoms with van der Waals surface area (Å²) in [5.74, 6) is 0.220. The summed E-state index contributed by atoms with van der Waals surface area (Å²) in [7, 11) is -2.89. The molecule has 1 fully saturated rings. The van der Waals surface area contributed by atoms with Crippen molar-refractivity contribution in [3.8, 4) is 0 Å². The van der Waals surface area contributed by atoms with Crippen molar-refractivity contribution in [1.29, 1.82) is 0 Å². The molecule has 12 heteroatoms. The van der Waals surface area contributed by atoms with Gasteiger partial charge >= 0.3 is 8.25 Å². The lowest BCUT2D eigenvalue weighted by molar-refractivity contribution is -0.0698. The van der Waals surface area contributed by atoms with E-state index in [4.69, 9.17) is 24.6 Å². The smallest absolute Gasteiger partial charge is 0.394 e. The Morgan fingerprint density at radius 1 is 1.40 bits per heavy atom. The predicted molar refractivity (Wildman–Crippen MR) is 85.5 cm³/mol. The lowest BCUT2D eigenvalue weighted by Crippen LogP contribution is -2.36. The van der Waals surface area contributed by atoms with E-state index in [1.807, 2.05) is 6.92 Å². The molecule has 11 nitrogen and oxygen atoms in total. The van der Waals surface area contributed by atoms with Crippen molar-refractivity contribution in [3.63, 3.8) is 0 Å². The Morgan fingerprint density at radius 3 is 2.88 bits per heavy atom. The molecule has 1 aliphatic heterocycles. The molecule has 3 unspecified atom stereocenters. The van der Waals surface area contributed by atoms with Crippen LogP contribution in [0.1, 0.15) is 19.6 Å². The molecule has 0 radical (unpaired) electrons. The second-order valence-electron chi connectivity index (χ2n) is 5.47. The Hall–Kier alpha value is -1.75. The van der Waals surface area contributed by atoms with Crippen LogP contribution in [-0.2, 0) is 18.6 Å².